The topological polar surface area (TPSA) is 114 Å². The molecule has 1 amide bonds. The molecule has 3 aliphatic rings. The molecule has 11 heteroatoms. The molecule has 2 aromatic carbocycles. The minimum Gasteiger partial charge on any atom is -0.481 e. The summed E-state index contributed by atoms with van der Waals surface area (Å²) in [7, 11) is 1.57. The highest BCUT2D eigenvalue weighted by Gasteiger charge is 2.27. The second kappa shape index (κ2) is 14.2. The minimum absolute atomic E-state index is 0.139. The van der Waals surface area contributed by atoms with Gasteiger partial charge in [0.1, 0.15) is 6.04 Å². The van der Waals surface area contributed by atoms with Crippen LogP contribution >= 0.6 is 23.2 Å². The molecule has 7 rings (SSSR count). The molecule has 0 radical (unpaired) electrons. The fourth-order valence-electron chi connectivity index (χ4n) is 6.92. The van der Waals surface area contributed by atoms with Gasteiger partial charge in [0.25, 0.3) is 0 Å². The molecule has 0 unspecified atom stereocenters. The highest BCUT2D eigenvalue weighted by atomic mass is 35.5. The summed E-state index contributed by atoms with van der Waals surface area (Å²) in [4.78, 5) is 33.0. The molecule has 0 saturated carbocycles. The number of carbonyl (C=O) groups excluding carboxylic acids is 2. The number of carbonyl (C=O) groups is 2. The fraction of sp³-hybridized carbons (Fsp3) is 0.351. The van der Waals surface area contributed by atoms with E-state index >= 15 is 0 Å². The largest absolute Gasteiger partial charge is 0.481 e. The third-order valence-electron chi connectivity index (χ3n) is 9.49. The number of fused-ring (bicyclic) bond motifs is 1. The van der Waals surface area contributed by atoms with Crippen LogP contribution in [-0.4, -0.2) is 54.2 Å². The molecular formula is C37H37Cl2N5O4. The first-order valence-electron chi connectivity index (χ1n) is 16.4. The Hall–Kier alpha value is -4.02. The van der Waals surface area contributed by atoms with Crippen LogP contribution in [0.1, 0.15) is 54.8 Å². The number of aryl methyl sites for hydroxylation is 1. The van der Waals surface area contributed by atoms with Crippen molar-refractivity contribution in [3.05, 3.63) is 87.5 Å². The number of nitrogens with one attached hydrogen (secondary N) is 3. The zero-order valence-electron chi connectivity index (χ0n) is 26.7. The summed E-state index contributed by atoms with van der Waals surface area (Å²) in [6.07, 6.45) is 7.04. The van der Waals surface area contributed by atoms with E-state index < -0.39 is 0 Å². The van der Waals surface area contributed by atoms with Crippen molar-refractivity contribution in [1.29, 1.82) is 0 Å². The highest BCUT2D eigenvalue weighted by molar-refractivity contribution is 6.39. The van der Waals surface area contributed by atoms with E-state index in [1.165, 1.54) is 11.1 Å². The molecular weight excluding hydrogens is 649 g/mol. The summed E-state index contributed by atoms with van der Waals surface area (Å²) >= 11 is 14.2. The van der Waals surface area contributed by atoms with Crippen LogP contribution in [0.25, 0.3) is 33.6 Å². The number of hydrogen-bond donors (Lipinski definition) is 3. The zero-order chi connectivity index (χ0) is 33.2. The monoisotopic (exact) mass is 685 g/mol. The van der Waals surface area contributed by atoms with Gasteiger partial charge in [-0.3, -0.25) is 19.9 Å². The van der Waals surface area contributed by atoms with Gasteiger partial charge < -0.3 is 20.1 Å². The molecule has 0 bridgehead atoms. The molecule has 4 heterocycles. The second-order valence-electron chi connectivity index (χ2n) is 12.5. The SMILES string of the molecule is COc1nc(-c2cccc(-c3ccnc(-c4ccc5c(c4)CCC[C@H]5NC[C@@H]4CCC(=O)N4)c3Cl)c2Cl)ccc1CN[C@H]1CCOC1=O. The third-order valence-corrected chi connectivity index (χ3v) is 10.3. The van der Waals surface area contributed by atoms with Gasteiger partial charge in [-0.05, 0) is 55.0 Å². The van der Waals surface area contributed by atoms with Crippen molar-refractivity contribution in [2.24, 2.45) is 0 Å². The number of rotatable bonds is 10. The van der Waals surface area contributed by atoms with Gasteiger partial charge in [-0.25, -0.2) is 4.98 Å². The molecule has 2 aromatic heterocycles. The van der Waals surface area contributed by atoms with Crippen LogP contribution in [0.5, 0.6) is 5.88 Å². The first-order chi connectivity index (χ1) is 23.4. The Labute approximate surface area is 289 Å². The summed E-state index contributed by atoms with van der Waals surface area (Å²) in [5.74, 6) is 0.355. The van der Waals surface area contributed by atoms with E-state index in [0.717, 1.165) is 60.0 Å². The third kappa shape index (κ3) is 6.65. The van der Waals surface area contributed by atoms with E-state index in [0.29, 0.717) is 53.3 Å². The van der Waals surface area contributed by atoms with Gasteiger partial charge in [0.05, 0.1) is 35.1 Å². The van der Waals surface area contributed by atoms with Crippen LogP contribution in [-0.2, 0) is 27.3 Å². The lowest BCUT2D eigenvalue weighted by Gasteiger charge is -2.28. The molecule has 248 valence electrons. The number of aromatic nitrogens is 2. The van der Waals surface area contributed by atoms with Gasteiger partial charge in [-0.15, -0.1) is 0 Å². The minimum atomic E-state index is -0.330. The van der Waals surface area contributed by atoms with Crippen LogP contribution in [0.3, 0.4) is 0 Å². The average Bonchev–Trinajstić information content (AvgIpc) is 3.73. The molecule has 1 aliphatic carbocycles. The normalized spacial score (nSPS) is 20.4. The Morgan fingerprint density at radius 3 is 2.58 bits per heavy atom. The van der Waals surface area contributed by atoms with Crippen molar-refractivity contribution in [1.82, 2.24) is 25.9 Å². The zero-order valence-corrected chi connectivity index (χ0v) is 28.2. The Kier molecular flexibility index (Phi) is 9.64. The number of cyclic esters (lactones) is 1. The molecule has 4 aromatic rings. The number of esters is 1. The van der Waals surface area contributed by atoms with Gasteiger partial charge >= 0.3 is 5.97 Å². The molecule has 0 spiro atoms. The summed E-state index contributed by atoms with van der Waals surface area (Å²) in [6, 6.07) is 18.1. The van der Waals surface area contributed by atoms with E-state index in [2.05, 4.69) is 34.1 Å². The lowest BCUT2D eigenvalue weighted by molar-refractivity contribution is -0.139. The summed E-state index contributed by atoms with van der Waals surface area (Å²) in [6.45, 7) is 1.62. The maximum Gasteiger partial charge on any atom is 0.323 e. The van der Waals surface area contributed by atoms with Crippen LogP contribution in [0, 0.1) is 0 Å². The number of hydrogen-bond acceptors (Lipinski definition) is 8. The van der Waals surface area contributed by atoms with Gasteiger partial charge in [0, 0.05) is 72.0 Å². The number of methoxy groups -OCH3 is 1. The number of pyridine rings is 2. The van der Waals surface area contributed by atoms with Gasteiger partial charge in [-0.1, -0.05) is 59.6 Å². The van der Waals surface area contributed by atoms with Crippen LogP contribution in [0.15, 0.2) is 60.8 Å². The predicted octanol–water partition coefficient (Wildman–Crippen LogP) is 6.44. The summed E-state index contributed by atoms with van der Waals surface area (Å²) in [5.41, 5.74) is 8.01. The highest BCUT2D eigenvalue weighted by Crippen LogP contribution is 2.42. The van der Waals surface area contributed by atoms with Crippen molar-refractivity contribution < 1.29 is 19.1 Å². The van der Waals surface area contributed by atoms with E-state index in [-0.39, 0.29) is 30.0 Å². The smallest absolute Gasteiger partial charge is 0.323 e. The maximum atomic E-state index is 11.9. The lowest BCUT2D eigenvalue weighted by Crippen LogP contribution is -2.38. The number of benzene rings is 2. The van der Waals surface area contributed by atoms with Gasteiger partial charge in [0.15, 0.2) is 0 Å². The van der Waals surface area contributed by atoms with Gasteiger partial charge in [-0.2, -0.15) is 0 Å². The van der Waals surface area contributed by atoms with E-state index in [1.54, 1.807) is 13.3 Å². The molecule has 2 aliphatic heterocycles. The van der Waals surface area contributed by atoms with E-state index in [1.807, 2.05) is 36.4 Å². The van der Waals surface area contributed by atoms with Crippen molar-refractivity contribution in [2.75, 3.05) is 20.3 Å². The van der Waals surface area contributed by atoms with Crippen molar-refractivity contribution >= 4 is 35.1 Å². The Morgan fingerprint density at radius 2 is 1.79 bits per heavy atom. The summed E-state index contributed by atoms with van der Waals surface area (Å²) < 4.78 is 10.7. The fourth-order valence-corrected chi connectivity index (χ4v) is 7.57. The summed E-state index contributed by atoms with van der Waals surface area (Å²) in [5, 5.41) is 11.0. The van der Waals surface area contributed by atoms with Crippen molar-refractivity contribution in [2.45, 2.75) is 63.2 Å². The first-order valence-corrected chi connectivity index (χ1v) is 17.2. The maximum absolute atomic E-state index is 11.9. The molecule has 3 atom stereocenters. The Bertz CT molecular complexity index is 1870. The number of halogens is 2. The van der Waals surface area contributed by atoms with Crippen LogP contribution in [0.4, 0.5) is 0 Å². The molecule has 3 N–H and O–H groups in total. The molecule has 48 heavy (non-hydrogen) atoms. The first kappa shape index (κ1) is 32.5. The van der Waals surface area contributed by atoms with Crippen molar-refractivity contribution in [3.8, 4) is 39.5 Å². The quantitative estimate of drug-likeness (QED) is 0.163. The second-order valence-corrected chi connectivity index (χ2v) is 13.3. The Morgan fingerprint density at radius 1 is 0.938 bits per heavy atom. The number of ether oxygens (including phenoxy) is 2. The van der Waals surface area contributed by atoms with Crippen LogP contribution < -0.4 is 20.7 Å². The molecule has 9 nitrogen and oxygen atoms in total. The van der Waals surface area contributed by atoms with Crippen LogP contribution in [0.2, 0.25) is 10.0 Å². The van der Waals surface area contributed by atoms with Crippen molar-refractivity contribution in [3.63, 3.8) is 0 Å². The van der Waals surface area contributed by atoms with E-state index in [4.69, 9.17) is 42.6 Å². The molecule has 2 fully saturated rings. The standard InChI is InChI=1S/C37H37Cl2N5O4/c1-47-36-23(19-41-31-15-17-48-37(31)46)9-12-30(44-36)28-6-3-5-26(33(28)38)27-14-16-40-35(34(27)39)22-8-11-25-21(18-22)4-2-7-29(25)42-20-24-10-13-32(45)43-24/h3,5-6,8-9,11-12,14,16,18,24,29,31,41-42H,2,4,7,10,13,15,17,19-20H2,1H3,(H,43,45)/t24-,29+,31-/m0/s1. The molecule has 2 saturated heterocycles. The number of nitrogens with zero attached hydrogens (tertiary/aromatic N) is 2. The number of amides is 1. The Balaban J connectivity index is 1.13. The predicted molar refractivity (Wildman–Crippen MR) is 186 cm³/mol. The van der Waals surface area contributed by atoms with Gasteiger partial charge in [0.2, 0.25) is 11.8 Å². The van der Waals surface area contributed by atoms with E-state index in [9.17, 15) is 9.59 Å². The lowest BCUT2D eigenvalue weighted by atomic mass is 9.86. The average molecular weight is 687 g/mol.